The van der Waals surface area contributed by atoms with Crippen LogP contribution in [0.5, 0.6) is 0 Å². The van der Waals surface area contributed by atoms with E-state index in [-0.39, 0.29) is 0 Å². The van der Waals surface area contributed by atoms with Crippen LogP contribution in [0.3, 0.4) is 0 Å². The fourth-order valence-electron chi connectivity index (χ4n) is 3.80. The number of anilines is 1. The SMILES string of the molecule is Clc1ccc(-c2noc3ncnc(N4CCN(Cc5ccccc5Cl)CC4)c23)cc1. The molecule has 152 valence electrons. The number of rotatable bonds is 4. The zero-order chi connectivity index (χ0) is 20.5. The number of halogens is 2. The summed E-state index contributed by atoms with van der Waals surface area (Å²) in [6.07, 6.45) is 1.53. The van der Waals surface area contributed by atoms with Crippen LogP contribution in [0.1, 0.15) is 5.56 Å². The van der Waals surface area contributed by atoms with Gasteiger partial charge in [-0.05, 0) is 23.8 Å². The lowest BCUT2D eigenvalue weighted by molar-refractivity contribution is 0.249. The van der Waals surface area contributed by atoms with E-state index in [9.17, 15) is 0 Å². The fraction of sp³-hybridized carbons (Fsp3) is 0.227. The van der Waals surface area contributed by atoms with Crippen molar-refractivity contribution >= 4 is 40.1 Å². The molecule has 0 spiro atoms. The summed E-state index contributed by atoms with van der Waals surface area (Å²) < 4.78 is 5.49. The highest BCUT2D eigenvalue weighted by Gasteiger charge is 2.24. The van der Waals surface area contributed by atoms with Crippen molar-refractivity contribution in [1.29, 1.82) is 0 Å². The summed E-state index contributed by atoms with van der Waals surface area (Å²) in [4.78, 5) is 13.5. The van der Waals surface area contributed by atoms with Gasteiger partial charge >= 0.3 is 0 Å². The highest BCUT2D eigenvalue weighted by atomic mass is 35.5. The molecule has 0 atom stereocenters. The Kier molecular flexibility index (Phi) is 5.29. The predicted molar refractivity (Wildman–Crippen MR) is 119 cm³/mol. The van der Waals surface area contributed by atoms with Gasteiger partial charge in [-0.3, -0.25) is 4.90 Å². The molecule has 0 unspecified atom stereocenters. The molecular formula is C22H19Cl2N5O. The summed E-state index contributed by atoms with van der Waals surface area (Å²) in [5.41, 5.74) is 3.30. The first kappa shape index (κ1) is 19.3. The second-order valence-corrected chi connectivity index (χ2v) is 8.11. The van der Waals surface area contributed by atoms with Gasteiger partial charge in [0.15, 0.2) is 0 Å². The van der Waals surface area contributed by atoms with E-state index in [4.69, 9.17) is 27.7 Å². The third kappa shape index (κ3) is 3.74. The van der Waals surface area contributed by atoms with Crippen molar-refractivity contribution < 1.29 is 4.52 Å². The van der Waals surface area contributed by atoms with Crippen molar-refractivity contribution in [2.45, 2.75) is 6.54 Å². The molecule has 2 aromatic heterocycles. The molecular weight excluding hydrogens is 421 g/mol. The molecule has 4 aromatic rings. The zero-order valence-electron chi connectivity index (χ0n) is 16.1. The van der Waals surface area contributed by atoms with Crippen LogP contribution < -0.4 is 4.90 Å². The molecule has 0 bridgehead atoms. The first-order valence-electron chi connectivity index (χ1n) is 9.76. The first-order chi connectivity index (χ1) is 14.7. The summed E-state index contributed by atoms with van der Waals surface area (Å²) in [7, 11) is 0. The monoisotopic (exact) mass is 439 g/mol. The van der Waals surface area contributed by atoms with Crippen LogP contribution in [0.2, 0.25) is 10.0 Å². The lowest BCUT2D eigenvalue weighted by Crippen LogP contribution is -2.46. The molecule has 0 radical (unpaired) electrons. The van der Waals surface area contributed by atoms with Crippen molar-refractivity contribution in [2.75, 3.05) is 31.1 Å². The Balaban J connectivity index is 1.39. The number of benzene rings is 2. The van der Waals surface area contributed by atoms with Crippen LogP contribution in [0.15, 0.2) is 59.4 Å². The van der Waals surface area contributed by atoms with Crippen LogP contribution in [0.4, 0.5) is 5.82 Å². The average Bonchev–Trinajstić information content (AvgIpc) is 3.21. The molecule has 0 amide bonds. The summed E-state index contributed by atoms with van der Waals surface area (Å²) >= 11 is 12.4. The van der Waals surface area contributed by atoms with E-state index in [0.29, 0.717) is 10.7 Å². The lowest BCUT2D eigenvalue weighted by Gasteiger charge is -2.35. The molecule has 0 aliphatic carbocycles. The molecule has 0 saturated carbocycles. The molecule has 1 aliphatic rings. The topological polar surface area (TPSA) is 58.3 Å². The molecule has 1 aliphatic heterocycles. The van der Waals surface area contributed by atoms with E-state index in [2.05, 4.69) is 31.0 Å². The van der Waals surface area contributed by atoms with Crippen molar-refractivity contribution in [1.82, 2.24) is 20.0 Å². The Morgan fingerprint density at radius 1 is 0.900 bits per heavy atom. The molecule has 1 saturated heterocycles. The van der Waals surface area contributed by atoms with E-state index in [1.165, 1.54) is 6.33 Å². The van der Waals surface area contributed by atoms with Gasteiger partial charge in [-0.1, -0.05) is 58.7 Å². The Bertz CT molecular complexity index is 1170. The van der Waals surface area contributed by atoms with Gasteiger partial charge in [-0.15, -0.1) is 0 Å². The largest absolute Gasteiger partial charge is 0.353 e. The molecule has 3 heterocycles. The maximum atomic E-state index is 6.33. The van der Waals surface area contributed by atoms with Gasteiger partial charge in [-0.25, -0.2) is 4.98 Å². The number of nitrogens with zero attached hydrogens (tertiary/aromatic N) is 5. The Labute approximate surface area is 184 Å². The van der Waals surface area contributed by atoms with Crippen LogP contribution in [0.25, 0.3) is 22.4 Å². The number of fused-ring (bicyclic) bond motifs is 1. The highest BCUT2D eigenvalue weighted by molar-refractivity contribution is 6.31. The van der Waals surface area contributed by atoms with Gasteiger partial charge in [0, 0.05) is 48.3 Å². The number of aromatic nitrogens is 3. The van der Waals surface area contributed by atoms with Crippen LogP contribution in [0, 0.1) is 0 Å². The van der Waals surface area contributed by atoms with E-state index < -0.39 is 0 Å². The fourth-order valence-corrected chi connectivity index (χ4v) is 4.12. The summed E-state index contributed by atoms with van der Waals surface area (Å²) in [6.45, 7) is 4.37. The van der Waals surface area contributed by atoms with Crippen LogP contribution >= 0.6 is 23.2 Å². The van der Waals surface area contributed by atoms with Crippen LogP contribution in [-0.2, 0) is 6.54 Å². The molecule has 1 fully saturated rings. The molecule has 6 nitrogen and oxygen atoms in total. The third-order valence-electron chi connectivity index (χ3n) is 5.39. The van der Waals surface area contributed by atoms with Gasteiger partial charge in [0.2, 0.25) is 0 Å². The maximum absolute atomic E-state index is 6.33. The minimum atomic E-state index is 0.489. The van der Waals surface area contributed by atoms with Gasteiger partial charge in [-0.2, -0.15) is 4.98 Å². The number of piperazine rings is 1. The van der Waals surface area contributed by atoms with E-state index in [1.54, 1.807) is 0 Å². The van der Waals surface area contributed by atoms with Crippen molar-refractivity contribution in [2.24, 2.45) is 0 Å². The minimum absolute atomic E-state index is 0.489. The number of hydrogen-bond donors (Lipinski definition) is 0. The normalized spacial score (nSPS) is 15.1. The molecule has 8 heteroatoms. The molecule has 0 N–H and O–H groups in total. The summed E-state index contributed by atoms with van der Waals surface area (Å²) in [6, 6.07) is 15.5. The highest BCUT2D eigenvalue weighted by Crippen LogP contribution is 2.34. The van der Waals surface area contributed by atoms with Crippen LogP contribution in [-0.4, -0.2) is 46.2 Å². The minimum Gasteiger partial charge on any atom is -0.353 e. The smallest absolute Gasteiger partial charge is 0.263 e. The van der Waals surface area contributed by atoms with Gasteiger partial charge < -0.3 is 9.42 Å². The van der Waals surface area contributed by atoms with Crippen molar-refractivity contribution in [3.63, 3.8) is 0 Å². The maximum Gasteiger partial charge on any atom is 0.263 e. The molecule has 30 heavy (non-hydrogen) atoms. The standard InChI is InChI=1S/C22H19Cl2N5O/c23-17-7-5-15(6-8-17)20-19-21(25-14-26-22(19)30-27-20)29-11-9-28(10-12-29)13-16-3-1-2-4-18(16)24/h1-8,14H,9-13H2. The third-order valence-corrected chi connectivity index (χ3v) is 6.01. The Morgan fingerprint density at radius 3 is 2.43 bits per heavy atom. The lowest BCUT2D eigenvalue weighted by atomic mass is 10.1. The van der Waals surface area contributed by atoms with E-state index in [0.717, 1.165) is 65.8 Å². The Hall–Kier alpha value is -2.67. The predicted octanol–water partition coefficient (Wildman–Crippen LogP) is 4.91. The Morgan fingerprint density at radius 2 is 1.67 bits per heavy atom. The van der Waals surface area contributed by atoms with Gasteiger partial charge in [0.1, 0.15) is 23.2 Å². The zero-order valence-corrected chi connectivity index (χ0v) is 17.6. The van der Waals surface area contributed by atoms with Crippen molar-refractivity contribution in [3.8, 4) is 11.3 Å². The van der Waals surface area contributed by atoms with E-state index in [1.807, 2.05) is 42.5 Å². The molecule has 2 aromatic carbocycles. The van der Waals surface area contributed by atoms with Crippen molar-refractivity contribution in [3.05, 3.63) is 70.5 Å². The summed E-state index contributed by atoms with van der Waals surface area (Å²) in [5.74, 6) is 0.851. The average molecular weight is 440 g/mol. The van der Waals surface area contributed by atoms with E-state index >= 15 is 0 Å². The first-order valence-corrected chi connectivity index (χ1v) is 10.5. The second kappa shape index (κ2) is 8.22. The van der Waals surface area contributed by atoms with Gasteiger partial charge in [0.05, 0.1) is 0 Å². The quantitative estimate of drug-likeness (QED) is 0.449. The number of hydrogen-bond acceptors (Lipinski definition) is 6. The second-order valence-electron chi connectivity index (χ2n) is 7.27. The summed E-state index contributed by atoms with van der Waals surface area (Å²) in [5, 5.41) is 6.58. The molecule has 5 rings (SSSR count). The van der Waals surface area contributed by atoms with Gasteiger partial charge in [0.25, 0.3) is 5.71 Å².